The maximum absolute atomic E-state index is 12.3. The second kappa shape index (κ2) is 7.97. The molecule has 0 saturated carbocycles. The summed E-state index contributed by atoms with van der Waals surface area (Å²) in [5.41, 5.74) is 3.60. The first-order valence-electron chi connectivity index (χ1n) is 8.55. The number of hydrogen-bond donors (Lipinski definition) is 0. The molecule has 5 nitrogen and oxygen atoms in total. The van der Waals surface area contributed by atoms with E-state index in [4.69, 9.17) is 4.74 Å². The molecule has 0 unspecified atom stereocenters. The number of benzene rings is 1. The lowest BCUT2D eigenvalue weighted by molar-refractivity contribution is 0.314. The van der Waals surface area contributed by atoms with E-state index in [9.17, 15) is 4.79 Å². The normalized spacial score (nSPS) is 11.0. The molecule has 0 bridgehead atoms. The van der Waals surface area contributed by atoms with Gasteiger partial charge in [-0.25, -0.2) is 4.98 Å². The Morgan fingerprint density at radius 3 is 2.69 bits per heavy atom. The largest absolute Gasteiger partial charge is 0.490 e. The van der Waals surface area contributed by atoms with Crippen molar-refractivity contribution in [1.82, 2.24) is 14.3 Å². The summed E-state index contributed by atoms with van der Waals surface area (Å²) < 4.78 is 7.08. The summed E-state index contributed by atoms with van der Waals surface area (Å²) in [4.78, 5) is 19.0. The van der Waals surface area contributed by atoms with E-state index in [-0.39, 0.29) is 5.56 Å². The highest BCUT2D eigenvalue weighted by molar-refractivity contribution is 5.40. The molecule has 2 aromatic heterocycles. The highest BCUT2D eigenvalue weighted by Gasteiger charge is 2.07. The minimum Gasteiger partial charge on any atom is -0.490 e. The summed E-state index contributed by atoms with van der Waals surface area (Å²) in [5, 5.41) is 0. The maximum atomic E-state index is 12.3. The third-order valence-corrected chi connectivity index (χ3v) is 4.04. The molecule has 1 aromatic carbocycles. The van der Waals surface area contributed by atoms with E-state index in [1.54, 1.807) is 16.5 Å². The monoisotopic (exact) mass is 349 g/mol. The Hall–Kier alpha value is -2.92. The van der Waals surface area contributed by atoms with Crippen LogP contribution in [0.4, 0.5) is 0 Å². The summed E-state index contributed by atoms with van der Waals surface area (Å²) in [5.74, 6) is 0.829. The molecule has 5 heteroatoms. The highest BCUT2D eigenvalue weighted by atomic mass is 16.5. The van der Waals surface area contributed by atoms with E-state index in [2.05, 4.69) is 16.5 Å². The van der Waals surface area contributed by atoms with E-state index in [0.717, 1.165) is 23.6 Å². The van der Waals surface area contributed by atoms with Crippen LogP contribution in [-0.4, -0.2) is 27.9 Å². The van der Waals surface area contributed by atoms with Gasteiger partial charge in [0.05, 0.1) is 5.69 Å². The average molecular weight is 349 g/mol. The molecule has 0 N–H and O–H groups in total. The van der Waals surface area contributed by atoms with E-state index >= 15 is 0 Å². The Kier molecular flexibility index (Phi) is 5.49. The van der Waals surface area contributed by atoms with E-state index in [0.29, 0.717) is 18.8 Å². The zero-order chi connectivity index (χ0) is 18.5. The lowest BCUT2D eigenvalue weighted by atomic mass is 10.2. The molecule has 0 aliphatic carbocycles. The number of hydrogen-bond acceptors (Lipinski definition) is 4. The molecule has 3 rings (SSSR count). The van der Waals surface area contributed by atoms with Crippen LogP contribution in [0.1, 0.15) is 16.8 Å². The minimum absolute atomic E-state index is 0.0502. The quantitative estimate of drug-likeness (QED) is 0.615. The Balaban J connectivity index is 1.68. The first kappa shape index (κ1) is 17.9. The van der Waals surface area contributed by atoms with Crippen molar-refractivity contribution in [3.05, 3.63) is 88.5 Å². The highest BCUT2D eigenvalue weighted by Crippen LogP contribution is 2.14. The minimum atomic E-state index is -0.0502. The maximum Gasteiger partial charge on any atom is 0.258 e. The number of aromatic nitrogens is 2. The van der Waals surface area contributed by atoms with Gasteiger partial charge in [-0.2, -0.15) is 0 Å². The second-order valence-electron chi connectivity index (χ2n) is 6.44. The summed E-state index contributed by atoms with van der Waals surface area (Å²) in [6.45, 7) is 7.47. The third kappa shape index (κ3) is 4.37. The van der Waals surface area contributed by atoms with Crippen molar-refractivity contribution < 1.29 is 4.74 Å². The van der Waals surface area contributed by atoms with Crippen LogP contribution in [-0.2, 0) is 13.1 Å². The van der Waals surface area contributed by atoms with Gasteiger partial charge in [0.1, 0.15) is 18.0 Å². The van der Waals surface area contributed by atoms with Crippen molar-refractivity contribution in [3.63, 3.8) is 0 Å². The number of rotatable bonds is 7. The molecule has 0 spiro atoms. The molecule has 0 aliphatic heterocycles. The molecule has 0 saturated heterocycles. The van der Waals surface area contributed by atoms with Gasteiger partial charge in [0.2, 0.25) is 0 Å². The lowest BCUT2D eigenvalue weighted by Gasteiger charge is -2.17. The van der Waals surface area contributed by atoms with Gasteiger partial charge in [0.15, 0.2) is 0 Å². The Bertz CT molecular complexity index is 961. The van der Waals surface area contributed by atoms with Crippen LogP contribution in [0, 0.1) is 6.92 Å². The molecular formula is C21H23N3O2. The van der Waals surface area contributed by atoms with E-state index < -0.39 is 0 Å². The first-order chi connectivity index (χ1) is 12.5. The standard InChI is InChI=1S/C21H23N3O2/c1-4-11-26-19-8-6-17(7-9-19)14-23(3)15-18-12-21(25)24-13-16(2)5-10-20(24)22-18/h4-10,12-13H,1,11,14-15H2,2-3H3. The van der Waals surface area contributed by atoms with Gasteiger partial charge in [-0.15, -0.1) is 0 Å². The number of aryl methyl sites for hydroxylation is 1. The van der Waals surface area contributed by atoms with Crippen molar-refractivity contribution >= 4 is 5.65 Å². The summed E-state index contributed by atoms with van der Waals surface area (Å²) in [7, 11) is 2.01. The topological polar surface area (TPSA) is 46.8 Å². The molecule has 3 aromatic rings. The number of fused-ring (bicyclic) bond motifs is 1. The van der Waals surface area contributed by atoms with Crippen molar-refractivity contribution in [2.24, 2.45) is 0 Å². The van der Waals surface area contributed by atoms with Gasteiger partial charge >= 0.3 is 0 Å². The van der Waals surface area contributed by atoms with Crippen LogP contribution in [0.25, 0.3) is 5.65 Å². The number of nitrogens with zero attached hydrogens (tertiary/aromatic N) is 3. The molecule has 0 amide bonds. The summed E-state index contributed by atoms with van der Waals surface area (Å²) >= 11 is 0. The smallest absolute Gasteiger partial charge is 0.258 e. The van der Waals surface area contributed by atoms with Gasteiger partial charge in [-0.05, 0) is 43.3 Å². The predicted octanol–water partition coefficient (Wildman–Crippen LogP) is 3.20. The molecule has 26 heavy (non-hydrogen) atoms. The van der Waals surface area contributed by atoms with Crippen molar-refractivity contribution in [2.75, 3.05) is 13.7 Å². The Morgan fingerprint density at radius 2 is 1.96 bits per heavy atom. The van der Waals surface area contributed by atoms with Gasteiger partial charge in [0.25, 0.3) is 5.56 Å². The second-order valence-corrected chi connectivity index (χ2v) is 6.44. The van der Waals surface area contributed by atoms with Gasteiger partial charge in [0, 0.05) is 25.4 Å². The summed E-state index contributed by atoms with van der Waals surface area (Å²) in [6.07, 6.45) is 3.54. The fourth-order valence-corrected chi connectivity index (χ4v) is 2.83. The van der Waals surface area contributed by atoms with Crippen molar-refractivity contribution in [2.45, 2.75) is 20.0 Å². The van der Waals surface area contributed by atoms with Crippen LogP contribution in [0.5, 0.6) is 5.75 Å². The first-order valence-corrected chi connectivity index (χ1v) is 8.55. The van der Waals surface area contributed by atoms with Crippen LogP contribution in [0.2, 0.25) is 0 Å². The molecule has 0 atom stereocenters. The molecule has 2 heterocycles. The van der Waals surface area contributed by atoms with Gasteiger partial charge < -0.3 is 4.74 Å². The fraction of sp³-hybridized carbons (Fsp3) is 0.238. The van der Waals surface area contributed by atoms with E-state index in [1.165, 1.54) is 5.56 Å². The van der Waals surface area contributed by atoms with Crippen LogP contribution >= 0.6 is 0 Å². The Labute approximate surface area is 153 Å². The van der Waals surface area contributed by atoms with Crippen LogP contribution in [0.3, 0.4) is 0 Å². The van der Waals surface area contributed by atoms with Gasteiger partial charge in [-0.1, -0.05) is 30.9 Å². The van der Waals surface area contributed by atoms with E-state index in [1.807, 2.05) is 56.6 Å². The number of ether oxygens (including phenoxy) is 1. The van der Waals surface area contributed by atoms with Crippen LogP contribution in [0.15, 0.2) is 66.1 Å². The summed E-state index contributed by atoms with van der Waals surface area (Å²) in [6, 6.07) is 13.4. The molecular weight excluding hydrogens is 326 g/mol. The zero-order valence-electron chi connectivity index (χ0n) is 15.2. The third-order valence-electron chi connectivity index (χ3n) is 4.04. The molecule has 134 valence electrons. The lowest BCUT2D eigenvalue weighted by Crippen LogP contribution is -2.22. The molecule has 0 fully saturated rings. The predicted molar refractivity (Wildman–Crippen MR) is 104 cm³/mol. The molecule has 0 aliphatic rings. The Morgan fingerprint density at radius 1 is 1.19 bits per heavy atom. The fourth-order valence-electron chi connectivity index (χ4n) is 2.83. The molecule has 0 radical (unpaired) electrons. The zero-order valence-corrected chi connectivity index (χ0v) is 15.2. The van der Waals surface area contributed by atoms with Gasteiger partial charge in [-0.3, -0.25) is 14.1 Å². The average Bonchev–Trinajstić information content (AvgIpc) is 2.62. The van der Waals surface area contributed by atoms with Crippen molar-refractivity contribution in [3.8, 4) is 5.75 Å². The number of pyridine rings is 1. The SMILES string of the molecule is C=CCOc1ccc(CN(C)Cc2cc(=O)n3cc(C)ccc3n2)cc1. The van der Waals surface area contributed by atoms with Crippen LogP contribution < -0.4 is 10.3 Å². The van der Waals surface area contributed by atoms with Crippen molar-refractivity contribution in [1.29, 1.82) is 0 Å².